The number of nitrogens with zero attached hydrogens (tertiary/aromatic N) is 2. The lowest BCUT2D eigenvalue weighted by molar-refractivity contribution is -0.156. The molecule has 0 atom stereocenters. The van der Waals surface area contributed by atoms with E-state index in [0.29, 0.717) is 24.3 Å². The van der Waals surface area contributed by atoms with Crippen LogP contribution >= 0.6 is 0 Å². The van der Waals surface area contributed by atoms with Gasteiger partial charge in [-0.2, -0.15) is 0 Å². The molecule has 4 aliphatic carbocycles. The Bertz CT molecular complexity index is 842. The third-order valence-electron chi connectivity index (χ3n) is 6.97. The number of carbonyl (C=O) groups excluding carboxylic acids is 2. The van der Waals surface area contributed by atoms with Crippen molar-refractivity contribution < 1.29 is 18.7 Å². The number of hydrogen-bond acceptors (Lipinski definition) is 5. The van der Waals surface area contributed by atoms with Gasteiger partial charge in [0, 0.05) is 11.7 Å². The highest BCUT2D eigenvalue weighted by Gasteiger charge is 2.54. The van der Waals surface area contributed by atoms with E-state index in [-0.39, 0.29) is 23.7 Å². The smallest absolute Gasteiger partial charge is 0.357 e. The number of rotatable bonds is 6. The van der Waals surface area contributed by atoms with E-state index >= 15 is 0 Å². The molecule has 4 fully saturated rings. The van der Waals surface area contributed by atoms with Gasteiger partial charge in [0.2, 0.25) is 0 Å². The number of carbonyl (C=O) groups is 2. The minimum Gasteiger partial charge on any atom is -0.467 e. The molecular formula is C23H26N2O4. The number of furan rings is 1. The summed E-state index contributed by atoms with van der Waals surface area (Å²) in [5.74, 6) is 2.19. The highest BCUT2D eigenvalue weighted by molar-refractivity contribution is 5.89. The number of ether oxygens (including phenoxy) is 1. The van der Waals surface area contributed by atoms with Gasteiger partial charge in [0.05, 0.1) is 12.8 Å². The van der Waals surface area contributed by atoms with Crippen LogP contribution in [0.2, 0.25) is 0 Å². The van der Waals surface area contributed by atoms with Crippen molar-refractivity contribution in [1.82, 2.24) is 9.88 Å². The van der Waals surface area contributed by atoms with E-state index in [4.69, 9.17) is 9.15 Å². The van der Waals surface area contributed by atoms with Gasteiger partial charge in [-0.1, -0.05) is 6.07 Å². The molecule has 0 spiro atoms. The summed E-state index contributed by atoms with van der Waals surface area (Å²) < 4.78 is 10.9. The zero-order chi connectivity index (χ0) is 19.8. The molecule has 6 heteroatoms. The molecule has 2 heterocycles. The van der Waals surface area contributed by atoms with Crippen LogP contribution < -0.4 is 0 Å². The van der Waals surface area contributed by atoms with Gasteiger partial charge in [0.1, 0.15) is 11.5 Å². The summed E-state index contributed by atoms with van der Waals surface area (Å²) in [6.07, 6.45) is 10.2. The van der Waals surface area contributed by atoms with E-state index in [1.165, 1.54) is 25.5 Å². The first-order valence-corrected chi connectivity index (χ1v) is 10.5. The molecular weight excluding hydrogens is 368 g/mol. The second kappa shape index (κ2) is 7.32. The fraction of sp³-hybridized carbons (Fsp3) is 0.522. The highest BCUT2D eigenvalue weighted by atomic mass is 16.5. The summed E-state index contributed by atoms with van der Waals surface area (Å²) in [7, 11) is 0. The lowest BCUT2D eigenvalue weighted by atomic mass is 9.52. The Morgan fingerprint density at radius 3 is 2.38 bits per heavy atom. The predicted octanol–water partition coefficient (Wildman–Crippen LogP) is 3.83. The molecule has 0 aliphatic heterocycles. The summed E-state index contributed by atoms with van der Waals surface area (Å²) >= 11 is 0. The van der Waals surface area contributed by atoms with Crippen molar-refractivity contribution in [2.75, 3.05) is 6.61 Å². The molecule has 0 radical (unpaired) electrons. The first-order valence-electron chi connectivity index (χ1n) is 10.5. The first-order chi connectivity index (χ1) is 14.1. The average molecular weight is 394 g/mol. The maximum absolute atomic E-state index is 13.3. The molecule has 4 bridgehead atoms. The van der Waals surface area contributed by atoms with Crippen LogP contribution in [-0.4, -0.2) is 33.9 Å². The molecule has 0 unspecified atom stereocenters. The molecule has 4 aliphatic rings. The van der Waals surface area contributed by atoms with Crippen molar-refractivity contribution in [3.8, 4) is 0 Å². The van der Waals surface area contributed by atoms with Gasteiger partial charge in [0.25, 0.3) is 5.91 Å². The number of pyridine rings is 1. The van der Waals surface area contributed by atoms with Crippen molar-refractivity contribution in [2.24, 2.45) is 17.8 Å². The minimum atomic E-state index is -0.567. The lowest BCUT2D eigenvalue weighted by Crippen LogP contribution is -2.61. The van der Waals surface area contributed by atoms with Crippen molar-refractivity contribution >= 4 is 11.9 Å². The molecule has 2 aromatic heterocycles. The Morgan fingerprint density at radius 1 is 1.07 bits per heavy atom. The minimum absolute atomic E-state index is 0.129. The average Bonchev–Trinajstić information content (AvgIpc) is 3.23. The van der Waals surface area contributed by atoms with Crippen LogP contribution in [0.25, 0.3) is 0 Å². The molecule has 0 saturated heterocycles. The molecule has 4 saturated carbocycles. The molecule has 29 heavy (non-hydrogen) atoms. The van der Waals surface area contributed by atoms with Gasteiger partial charge in [-0.25, -0.2) is 9.78 Å². The molecule has 0 N–H and O–H groups in total. The molecule has 2 aromatic rings. The Morgan fingerprint density at radius 2 is 1.79 bits per heavy atom. The molecule has 6 nitrogen and oxygen atoms in total. The van der Waals surface area contributed by atoms with Crippen molar-refractivity contribution in [1.29, 1.82) is 0 Å². The molecule has 1 amide bonds. The Kier molecular flexibility index (Phi) is 4.64. The number of aromatic nitrogens is 1. The van der Waals surface area contributed by atoms with E-state index in [9.17, 15) is 9.59 Å². The van der Waals surface area contributed by atoms with Gasteiger partial charge < -0.3 is 14.1 Å². The summed E-state index contributed by atoms with van der Waals surface area (Å²) in [6.45, 7) is 0.164. The van der Waals surface area contributed by atoms with Gasteiger partial charge >= 0.3 is 5.97 Å². The van der Waals surface area contributed by atoms with E-state index in [1.807, 2.05) is 17.0 Å². The standard InChI is InChI=1S/C23H26N2O4/c26-21(15-29-22(27)20-5-1-2-6-24-20)25(14-19-4-3-7-28-19)23-11-16-8-17(12-23)10-18(9-16)13-23/h1-7,16-18H,8-15H2. The van der Waals surface area contributed by atoms with Crippen LogP contribution in [0.15, 0.2) is 47.2 Å². The van der Waals surface area contributed by atoms with Crippen molar-refractivity contribution in [3.63, 3.8) is 0 Å². The Balaban J connectivity index is 1.35. The first kappa shape index (κ1) is 18.4. The largest absolute Gasteiger partial charge is 0.467 e. The maximum Gasteiger partial charge on any atom is 0.357 e. The fourth-order valence-corrected chi connectivity index (χ4v) is 6.24. The SMILES string of the molecule is O=C(OCC(=O)N(Cc1ccco1)C12CC3CC(CC(C3)C1)C2)c1ccccn1. The van der Waals surface area contributed by atoms with Crippen LogP contribution in [0.5, 0.6) is 0 Å². The number of esters is 1. The highest BCUT2D eigenvalue weighted by Crippen LogP contribution is 2.58. The lowest BCUT2D eigenvalue weighted by Gasteiger charge is -2.60. The molecule has 6 rings (SSSR count). The second-order valence-corrected chi connectivity index (χ2v) is 8.99. The second-order valence-electron chi connectivity index (χ2n) is 8.99. The topological polar surface area (TPSA) is 72.6 Å². The molecule has 152 valence electrons. The number of amides is 1. The normalized spacial score (nSPS) is 29.6. The van der Waals surface area contributed by atoms with Crippen molar-refractivity contribution in [2.45, 2.75) is 50.6 Å². The number of hydrogen-bond donors (Lipinski definition) is 0. The van der Waals surface area contributed by atoms with E-state index in [1.54, 1.807) is 24.5 Å². The van der Waals surface area contributed by atoms with Gasteiger partial charge in [-0.15, -0.1) is 0 Å². The van der Waals surface area contributed by atoms with Crippen LogP contribution in [0, 0.1) is 17.8 Å². The molecule has 0 aromatic carbocycles. The van der Waals surface area contributed by atoms with Gasteiger partial charge in [-0.05, 0) is 80.5 Å². The van der Waals surface area contributed by atoms with Crippen molar-refractivity contribution in [3.05, 3.63) is 54.2 Å². The summed E-state index contributed by atoms with van der Waals surface area (Å²) in [6, 6.07) is 8.80. The quantitative estimate of drug-likeness (QED) is 0.696. The zero-order valence-corrected chi connectivity index (χ0v) is 16.5. The van der Waals surface area contributed by atoms with Gasteiger partial charge in [-0.3, -0.25) is 4.79 Å². The third-order valence-corrected chi connectivity index (χ3v) is 6.97. The maximum atomic E-state index is 13.3. The zero-order valence-electron chi connectivity index (χ0n) is 16.5. The van der Waals surface area contributed by atoms with E-state index < -0.39 is 5.97 Å². The monoisotopic (exact) mass is 394 g/mol. The van der Waals surface area contributed by atoms with Crippen LogP contribution in [0.3, 0.4) is 0 Å². The predicted molar refractivity (Wildman–Crippen MR) is 105 cm³/mol. The summed E-state index contributed by atoms with van der Waals surface area (Å²) in [4.78, 5) is 31.5. The van der Waals surface area contributed by atoms with Crippen LogP contribution in [0.4, 0.5) is 0 Å². The fourth-order valence-electron chi connectivity index (χ4n) is 6.24. The van der Waals surface area contributed by atoms with Gasteiger partial charge in [0.15, 0.2) is 6.61 Å². The Labute approximate surface area is 170 Å². The third kappa shape index (κ3) is 3.56. The van der Waals surface area contributed by atoms with E-state index in [0.717, 1.165) is 25.0 Å². The van der Waals surface area contributed by atoms with Crippen LogP contribution in [-0.2, 0) is 16.1 Å². The van der Waals surface area contributed by atoms with E-state index in [2.05, 4.69) is 4.98 Å². The summed E-state index contributed by atoms with van der Waals surface area (Å²) in [5.41, 5.74) is 0.0865. The summed E-state index contributed by atoms with van der Waals surface area (Å²) in [5, 5.41) is 0. The Hall–Kier alpha value is -2.63. The van der Waals surface area contributed by atoms with Crippen LogP contribution in [0.1, 0.15) is 54.8 Å².